The van der Waals surface area contributed by atoms with Crippen molar-refractivity contribution in [1.29, 1.82) is 0 Å². The van der Waals surface area contributed by atoms with E-state index in [4.69, 9.17) is 15.9 Å². The minimum Gasteiger partial charge on any atom is -0.368 e. The van der Waals surface area contributed by atoms with E-state index in [1.54, 1.807) is 0 Å². The zero-order chi connectivity index (χ0) is 17.9. The molecular weight excluding hydrogens is 334 g/mol. The first-order chi connectivity index (χ1) is 11.7. The molecule has 1 atom stereocenters. The van der Waals surface area contributed by atoms with E-state index in [-0.39, 0.29) is 18.4 Å². The van der Waals surface area contributed by atoms with Crippen molar-refractivity contribution in [2.45, 2.75) is 135 Å². The zero-order valence-corrected chi connectivity index (χ0v) is 17.6. The number of halogens is 1. The fourth-order valence-electron chi connectivity index (χ4n) is 3.34. The van der Waals surface area contributed by atoms with Gasteiger partial charge in [-0.15, -0.1) is 12.4 Å². The second-order valence-electron chi connectivity index (χ2n) is 7.57. The molecule has 0 aliphatic carbocycles. The molecule has 0 heterocycles. The largest absolute Gasteiger partial charge is 0.368 e. The van der Waals surface area contributed by atoms with Gasteiger partial charge < -0.3 is 15.9 Å². The molecule has 0 bridgehead atoms. The summed E-state index contributed by atoms with van der Waals surface area (Å²) in [6, 6.07) is -0.0587. The Kier molecular flexibility index (Phi) is 24.3. The fourth-order valence-corrected chi connectivity index (χ4v) is 3.34. The van der Waals surface area contributed by atoms with Crippen LogP contribution in [-0.4, -0.2) is 22.5 Å². The van der Waals surface area contributed by atoms with Gasteiger partial charge in [0.05, 0.1) is 0 Å². The first-order valence-corrected chi connectivity index (χ1v) is 10.8. The van der Waals surface area contributed by atoms with E-state index in [1.165, 1.54) is 96.3 Å². The average molecular weight is 380 g/mol. The molecule has 154 valence electrons. The molecular formula is C21H46ClNO2. The van der Waals surface area contributed by atoms with Crippen LogP contribution in [0, 0.1) is 0 Å². The van der Waals surface area contributed by atoms with Crippen LogP contribution < -0.4 is 5.73 Å². The maximum atomic E-state index is 8.83. The van der Waals surface area contributed by atoms with Crippen LogP contribution in [0.25, 0.3) is 0 Å². The molecule has 1 unspecified atom stereocenters. The molecule has 0 aliphatic heterocycles. The van der Waals surface area contributed by atoms with E-state index in [9.17, 15) is 0 Å². The molecule has 0 fully saturated rings. The number of aliphatic hydroxyl groups is 2. The monoisotopic (exact) mass is 379 g/mol. The first-order valence-electron chi connectivity index (χ1n) is 10.8. The molecule has 0 saturated heterocycles. The van der Waals surface area contributed by atoms with E-state index in [0.717, 1.165) is 12.8 Å². The normalized spacial score (nSPS) is 12.4. The summed E-state index contributed by atoms with van der Waals surface area (Å²) in [7, 11) is 0. The molecule has 0 aromatic heterocycles. The summed E-state index contributed by atoms with van der Waals surface area (Å²) < 4.78 is 0. The van der Waals surface area contributed by atoms with Crippen LogP contribution in [0.4, 0.5) is 0 Å². The Morgan fingerprint density at radius 3 is 1.24 bits per heavy atom. The second kappa shape index (κ2) is 22.2. The Bertz CT molecular complexity index is 240. The van der Waals surface area contributed by atoms with E-state index >= 15 is 0 Å². The molecule has 4 N–H and O–H groups in total. The quantitative estimate of drug-likeness (QED) is 0.188. The number of hydrogen-bond donors (Lipinski definition) is 3. The van der Waals surface area contributed by atoms with E-state index in [0.29, 0.717) is 6.42 Å². The third-order valence-corrected chi connectivity index (χ3v) is 4.94. The van der Waals surface area contributed by atoms with Crippen LogP contribution in [0.2, 0.25) is 0 Å². The van der Waals surface area contributed by atoms with Crippen molar-refractivity contribution in [2.75, 3.05) is 0 Å². The SMILES string of the molecule is CCCCCCCCCCCCCCCCCCC(N)CC(O)O.Cl. The van der Waals surface area contributed by atoms with E-state index < -0.39 is 6.29 Å². The lowest BCUT2D eigenvalue weighted by atomic mass is 10.0. The topological polar surface area (TPSA) is 66.5 Å². The van der Waals surface area contributed by atoms with Crippen molar-refractivity contribution in [2.24, 2.45) is 5.73 Å². The van der Waals surface area contributed by atoms with Gasteiger partial charge in [-0.25, -0.2) is 0 Å². The van der Waals surface area contributed by atoms with E-state index in [2.05, 4.69) is 6.92 Å². The van der Waals surface area contributed by atoms with Gasteiger partial charge in [0.25, 0.3) is 0 Å². The molecule has 25 heavy (non-hydrogen) atoms. The van der Waals surface area contributed by atoms with Crippen LogP contribution in [0.1, 0.15) is 122 Å². The lowest BCUT2D eigenvalue weighted by Gasteiger charge is -2.12. The van der Waals surface area contributed by atoms with Crippen LogP contribution in [-0.2, 0) is 0 Å². The lowest BCUT2D eigenvalue weighted by Crippen LogP contribution is -2.25. The van der Waals surface area contributed by atoms with Gasteiger partial charge in [0.15, 0.2) is 6.29 Å². The third kappa shape index (κ3) is 24.2. The molecule has 0 rings (SSSR count). The summed E-state index contributed by atoms with van der Waals surface area (Å²) in [5.41, 5.74) is 5.82. The fraction of sp³-hybridized carbons (Fsp3) is 1.00. The number of hydrogen-bond acceptors (Lipinski definition) is 3. The minimum absolute atomic E-state index is 0. The van der Waals surface area contributed by atoms with Gasteiger partial charge >= 0.3 is 0 Å². The summed E-state index contributed by atoms with van der Waals surface area (Å²) in [4.78, 5) is 0. The van der Waals surface area contributed by atoms with Gasteiger partial charge in [0.1, 0.15) is 0 Å². The van der Waals surface area contributed by atoms with Crippen molar-refractivity contribution in [3.8, 4) is 0 Å². The van der Waals surface area contributed by atoms with Crippen LogP contribution in [0.15, 0.2) is 0 Å². The summed E-state index contributed by atoms with van der Waals surface area (Å²) in [5.74, 6) is 0. The van der Waals surface area contributed by atoms with Crippen LogP contribution in [0.3, 0.4) is 0 Å². The smallest absolute Gasteiger partial charge is 0.152 e. The highest BCUT2D eigenvalue weighted by atomic mass is 35.5. The van der Waals surface area contributed by atoms with Crippen LogP contribution >= 0.6 is 12.4 Å². The zero-order valence-electron chi connectivity index (χ0n) is 16.8. The Hall–Kier alpha value is 0.170. The predicted molar refractivity (Wildman–Crippen MR) is 112 cm³/mol. The minimum atomic E-state index is -1.25. The predicted octanol–water partition coefficient (Wildman–Crippen LogP) is 6.09. The molecule has 0 amide bonds. The van der Waals surface area contributed by atoms with Crippen LogP contribution in [0.5, 0.6) is 0 Å². The second-order valence-corrected chi connectivity index (χ2v) is 7.57. The third-order valence-electron chi connectivity index (χ3n) is 4.94. The van der Waals surface area contributed by atoms with Gasteiger partial charge in [-0.05, 0) is 6.42 Å². The van der Waals surface area contributed by atoms with Gasteiger partial charge in [-0.1, -0.05) is 110 Å². The highest BCUT2D eigenvalue weighted by Gasteiger charge is 2.06. The maximum absolute atomic E-state index is 8.83. The molecule has 0 aromatic rings. The number of unbranched alkanes of at least 4 members (excludes halogenated alkanes) is 15. The van der Waals surface area contributed by atoms with Gasteiger partial charge in [0.2, 0.25) is 0 Å². The van der Waals surface area contributed by atoms with Crippen molar-refractivity contribution < 1.29 is 10.2 Å². The summed E-state index contributed by atoms with van der Waals surface area (Å²) in [6.07, 6.45) is 22.0. The highest BCUT2D eigenvalue weighted by Crippen LogP contribution is 2.14. The molecule has 3 nitrogen and oxygen atoms in total. The highest BCUT2D eigenvalue weighted by molar-refractivity contribution is 5.85. The lowest BCUT2D eigenvalue weighted by molar-refractivity contribution is -0.0497. The number of nitrogens with two attached hydrogens (primary N) is 1. The molecule has 0 saturated carbocycles. The molecule has 0 aliphatic rings. The molecule has 4 heteroatoms. The Morgan fingerprint density at radius 2 is 0.920 bits per heavy atom. The average Bonchev–Trinajstić information content (AvgIpc) is 2.53. The van der Waals surface area contributed by atoms with Crippen molar-refractivity contribution >= 4 is 12.4 Å². The van der Waals surface area contributed by atoms with Crippen molar-refractivity contribution in [3.05, 3.63) is 0 Å². The first kappa shape index (κ1) is 27.4. The van der Waals surface area contributed by atoms with Gasteiger partial charge in [-0.3, -0.25) is 0 Å². The van der Waals surface area contributed by atoms with Crippen molar-refractivity contribution in [3.63, 3.8) is 0 Å². The molecule has 0 radical (unpaired) electrons. The summed E-state index contributed by atoms with van der Waals surface area (Å²) >= 11 is 0. The summed E-state index contributed by atoms with van der Waals surface area (Å²) in [5, 5.41) is 17.7. The number of aliphatic hydroxyl groups excluding tert-OH is 1. The van der Waals surface area contributed by atoms with E-state index in [1.807, 2.05) is 0 Å². The summed E-state index contributed by atoms with van der Waals surface area (Å²) in [6.45, 7) is 2.28. The molecule has 0 aromatic carbocycles. The Labute approximate surface area is 163 Å². The number of rotatable bonds is 19. The van der Waals surface area contributed by atoms with Crippen molar-refractivity contribution in [1.82, 2.24) is 0 Å². The maximum Gasteiger partial charge on any atom is 0.152 e. The van der Waals surface area contributed by atoms with Gasteiger partial charge in [-0.2, -0.15) is 0 Å². The Morgan fingerprint density at radius 1 is 0.600 bits per heavy atom. The van der Waals surface area contributed by atoms with Gasteiger partial charge in [0, 0.05) is 12.5 Å². The Balaban J connectivity index is 0. The standard InChI is InChI=1S/C21H45NO2.ClH/c1-2-3-4-5-6-7-8-9-10-11-12-13-14-15-16-17-18-20(22)19-21(23)24;/h20-21,23-24H,2-19,22H2,1H3;1H. The molecule has 0 spiro atoms.